The van der Waals surface area contributed by atoms with Crippen LogP contribution >= 0.6 is 11.3 Å². The number of aliphatic carboxylic acids is 1. The van der Waals surface area contributed by atoms with Crippen LogP contribution in [0.3, 0.4) is 0 Å². The van der Waals surface area contributed by atoms with Crippen LogP contribution in [0.4, 0.5) is 0 Å². The van der Waals surface area contributed by atoms with Crippen molar-refractivity contribution >= 4 is 17.3 Å². The molecule has 0 aliphatic heterocycles. The zero-order chi connectivity index (χ0) is 13.1. The van der Waals surface area contributed by atoms with E-state index in [1.54, 1.807) is 30.2 Å². The molecule has 6 nitrogen and oxygen atoms in total. The van der Waals surface area contributed by atoms with Crippen LogP contribution < -0.4 is 0 Å². The summed E-state index contributed by atoms with van der Waals surface area (Å²) < 4.78 is 5.10. The summed E-state index contributed by atoms with van der Waals surface area (Å²) in [6.07, 6.45) is 0. The molecule has 0 fully saturated rings. The second-order valence-electron chi connectivity index (χ2n) is 3.95. The third kappa shape index (κ3) is 2.74. The first-order valence-corrected chi connectivity index (χ1v) is 6.30. The van der Waals surface area contributed by atoms with Crippen LogP contribution in [-0.4, -0.2) is 39.2 Å². The number of likely N-dealkylation sites (N-methyl/N-ethyl adjacent to an activating group) is 1. The Kier molecular flexibility index (Phi) is 3.73. The number of aromatic nitrogens is 2. The molecule has 2 aromatic heterocycles. The summed E-state index contributed by atoms with van der Waals surface area (Å²) in [4.78, 5) is 16.7. The minimum Gasteiger partial charge on any atom is -0.480 e. The lowest BCUT2D eigenvalue weighted by atomic mass is 10.3. The van der Waals surface area contributed by atoms with Gasteiger partial charge in [-0.3, -0.25) is 9.69 Å². The molecule has 1 atom stereocenters. The van der Waals surface area contributed by atoms with E-state index in [9.17, 15) is 4.79 Å². The highest BCUT2D eigenvalue weighted by Crippen LogP contribution is 2.19. The van der Waals surface area contributed by atoms with Gasteiger partial charge < -0.3 is 9.63 Å². The van der Waals surface area contributed by atoms with Gasteiger partial charge in [0.1, 0.15) is 6.04 Å². The van der Waals surface area contributed by atoms with E-state index in [1.165, 1.54) is 0 Å². The van der Waals surface area contributed by atoms with E-state index < -0.39 is 12.0 Å². The van der Waals surface area contributed by atoms with Gasteiger partial charge in [-0.2, -0.15) is 16.3 Å². The van der Waals surface area contributed by atoms with E-state index in [0.29, 0.717) is 18.3 Å². The Bertz CT molecular complexity index is 523. The molecule has 0 spiro atoms. The second-order valence-corrected chi connectivity index (χ2v) is 4.73. The Morgan fingerprint density at radius 1 is 1.67 bits per heavy atom. The summed E-state index contributed by atoms with van der Waals surface area (Å²) in [5, 5.41) is 16.6. The average molecular weight is 267 g/mol. The molecule has 0 radical (unpaired) electrons. The summed E-state index contributed by atoms with van der Waals surface area (Å²) in [6, 6.07) is 1.31. The highest BCUT2D eigenvalue weighted by atomic mass is 32.1. The highest BCUT2D eigenvalue weighted by Gasteiger charge is 2.19. The van der Waals surface area contributed by atoms with E-state index in [0.717, 1.165) is 5.56 Å². The minimum atomic E-state index is -0.880. The molecule has 0 aliphatic rings. The van der Waals surface area contributed by atoms with Crippen molar-refractivity contribution in [3.63, 3.8) is 0 Å². The van der Waals surface area contributed by atoms with E-state index >= 15 is 0 Å². The zero-order valence-electron chi connectivity index (χ0n) is 10.0. The molecule has 2 rings (SSSR count). The van der Waals surface area contributed by atoms with Crippen molar-refractivity contribution in [1.29, 1.82) is 0 Å². The number of carbonyl (C=O) groups is 1. The van der Waals surface area contributed by atoms with Crippen LogP contribution in [0.25, 0.3) is 11.4 Å². The van der Waals surface area contributed by atoms with Gasteiger partial charge in [-0.25, -0.2) is 0 Å². The number of nitrogens with zero attached hydrogens (tertiary/aromatic N) is 3. The lowest BCUT2D eigenvalue weighted by molar-refractivity contribution is -0.142. The lowest BCUT2D eigenvalue weighted by Crippen LogP contribution is -2.35. The van der Waals surface area contributed by atoms with Crippen LogP contribution in [0.2, 0.25) is 0 Å². The van der Waals surface area contributed by atoms with Gasteiger partial charge in [0.15, 0.2) is 0 Å². The molecular formula is C11H13N3O3S. The SMILES string of the molecule is CC(C(=O)O)N(C)Cc1nc(-c2ccsc2)no1. The summed E-state index contributed by atoms with van der Waals surface area (Å²) >= 11 is 1.56. The maximum atomic E-state index is 10.8. The van der Waals surface area contributed by atoms with Gasteiger partial charge >= 0.3 is 5.97 Å². The molecule has 2 aromatic rings. The van der Waals surface area contributed by atoms with Crippen molar-refractivity contribution in [3.05, 3.63) is 22.7 Å². The van der Waals surface area contributed by atoms with Gasteiger partial charge in [-0.15, -0.1) is 0 Å². The van der Waals surface area contributed by atoms with Gasteiger partial charge in [0.2, 0.25) is 11.7 Å². The lowest BCUT2D eigenvalue weighted by Gasteiger charge is -2.18. The fraction of sp³-hybridized carbons (Fsp3) is 0.364. The van der Waals surface area contributed by atoms with E-state index in [-0.39, 0.29) is 0 Å². The molecular weight excluding hydrogens is 254 g/mol. The van der Waals surface area contributed by atoms with Gasteiger partial charge in [0.05, 0.1) is 6.54 Å². The number of rotatable bonds is 5. The molecule has 1 unspecified atom stereocenters. The Balaban J connectivity index is 2.05. The number of hydrogen-bond acceptors (Lipinski definition) is 6. The summed E-state index contributed by atoms with van der Waals surface area (Å²) in [7, 11) is 1.70. The average Bonchev–Trinajstić information content (AvgIpc) is 2.96. The zero-order valence-corrected chi connectivity index (χ0v) is 10.8. The smallest absolute Gasteiger partial charge is 0.320 e. The first-order valence-electron chi connectivity index (χ1n) is 5.36. The Hall–Kier alpha value is -1.73. The van der Waals surface area contributed by atoms with Crippen LogP contribution in [0.1, 0.15) is 12.8 Å². The van der Waals surface area contributed by atoms with Gasteiger partial charge in [0, 0.05) is 10.9 Å². The first kappa shape index (κ1) is 12.7. The second kappa shape index (κ2) is 5.28. The summed E-state index contributed by atoms with van der Waals surface area (Å²) in [5.41, 5.74) is 0.906. The Labute approximate surface area is 108 Å². The Morgan fingerprint density at radius 2 is 2.44 bits per heavy atom. The molecule has 0 saturated carbocycles. The topological polar surface area (TPSA) is 79.5 Å². The summed E-state index contributed by atoms with van der Waals surface area (Å²) in [6.45, 7) is 1.92. The molecule has 0 aromatic carbocycles. The van der Waals surface area contributed by atoms with Crippen LogP contribution in [0, 0.1) is 0 Å². The van der Waals surface area contributed by atoms with E-state index in [4.69, 9.17) is 9.63 Å². The van der Waals surface area contributed by atoms with Crippen molar-refractivity contribution in [2.24, 2.45) is 0 Å². The molecule has 0 bridgehead atoms. The molecule has 7 heteroatoms. The van der Waals surface area contributed by atoms with Gasteiger partial charge in [-0.05, 0) is 25.4 Å². The van der Waals surface area contributed by atoms with Crippen LogP contribution in [-0.2, 0) is 11.3 Å². The molecule has 1 N–H and O–H groups in total. The Morgan fingerprint density at radius 3 is 3.06 bits per heavy atom. The monoisotopic (exact) mass is 267 g/mol. The number of hydrogen-bond donors (Lipinski definition) is 1. The van der Waals surface area contributed by atoms with Crippen molar-refractivity contribution in [3.8, 4) is 11.4 Å². The maximum Gasteiger partial charge on any atom is 0.320 e. The van der Waals surface area contributed by atoms with E-state index in [1.807, 2.05) is 16.8 Å². The quantitative estimate of drug-likeness (QED) is 0.888. The van der Waals surface area contributed by atoms with Gasteiger partial charge in [-0.1, -0.05) is 5.16 Å². The normalized spacial score (nSPS) is 12.8. The third-order valence-corrected chi connectivity index (χ3v) is 3.33. The highest BCUT2D eigenvalue weighted by molar-refractivity contribution is 7.08. The standard InChI is InChI=1S/C11H13N3O3S/c1-7(11(15)16)14(2)5-9-12-10(13-17-9)8-3-4-18-6-8/h3-4,6-7H,5H2,1-2H3,(H,15,16). The fourth-order valence-electron chi connectivity index (χ4n) is 1.37. The van der Waals surface area contributed by atoms with Gasteiger partial charge in [0.25, 0.3) is 0 Å². The van der Waals surface area contributed by atoms with Crippen molar-refractivity contribution in [2.45, 2.75) is 19.5 Å². The first-order chi connectivity index (χ1) is 8.58. The molecule has 0 amide bonds. The number of carboxylic acid groups (broad SMARTS) is 1. The molecule has 96 valence electrons. The van der Waals surface area contributed by atoms with Crippen LogP contribution in [0.15, 0.2) is 21.3 Å². The summed E-state index contributed by atoms with van der Waals surface area (Å²) in [5.74, 6) is 0.0597. The minimum absolute atomic E-state index is 0.310. The molecule has 2 heterocycles. The maximum absolute atomic E-state index is 10.8. The van der Waals surface area contributed by atoms with Crippen molar-refractivity contribution in [2.75, 3.05) is 7.05 Å². The predicted molar refractivity (Wildman–Crippen MR) is 66.2 cm³/mol. The number of thiophene rings is 1. The molecule has 18 heavy (non-hydrogen) atoms. The van der Waals surface area contributed by atoms with E-state index in [2.05, 4.69) is 10.1 Å². The van der Waals surface area contributed by atoms with Crippen LogP contribution in [0.5, 0.6) is 0 Å². The molecule has 0 saturated heterocycles. The number of carboxylic acids is 1. The predicted octanol–water partition coefficient (Wildman–Crippen LogP) is 1.70. The fourth-order valence-corrected chi connectivity index (χ4v) is 2.00. The largest absolute Gasteiger partial charge is 0.480 e. The van der Waals surface area contributed by atoms with Crippen molar-refractivity contribution < 1.29 is 14.4 Å². The third-order valence-electron chi connectivity index (χ3n) is 2.65. The van der Waals surface area contributed by atoms with Crippen molar-refractivity contribution in [1.82, 2.24) is 15.0 Å². The molecule has 0 aliphatic carbocycles.